The van der Waals surface area contributed by atoms with E-state index in [-0.39, 0.29) is 17.3 Å². The molecule has 1 saturated heterocycles. The summed E-state index contributed by atoms with van der Waals surface area (Å²) in [5, 5.41) is 4.52. The quantitative estimate of drug-likeness (QED) is 0.630. The Morgan fingerprint density at radius 2 is 1.80 bits per heavy atom. The molecular weight excluding hydrogens is 421 g/mol. The summed E-state index contributed by atoms with van der Waals surface area (Å²) in [5.74, 6) is 0.262. The molecule has 30 heavy (non-hydrogen) atoms. The van der Waals surface area contributed by atoms with Crippen molar-refractivity contribution in [1.29, 1.82) is 0 Å². The number of piperazine rings is 1. The van der Waals surface area contributed by atoms with Gasteiger partial charge in [-0.05, 0) is 18.2 Å². The van der Waals surface area contributed by atoms with Crippen LogP contribution < -0.4 is 4.90 Å². The highest BCUT2D eigenvalue weighted by atomic mass is 35.5. The number of rotatable bonds is 3. The molecule has 3 aromatic rings. The fourth-order valence-corrected chi connectivity index (χ4v) is 3.53. The molecule has 1 amide bonds. The van der Waals surface area contributed by atoms with Crippen molar-refractivity contribution in [3.05, 3.63) is 65.3 Å². The zero-order valence-electron chi connectivity index (χ0n) is 15.6. The third-order valence-electron chi connectivity index (χ3n) is 4.78. The van der Waals surface area contributed by atoms with Crippen molar-refractivity contribution >= 4 is 23.3 Å². The molecule has 1 aliphatic heterocycles. The normalized spacial score (nSPS) is 14.8. The molecule has 0 radical (unpaired) electrons. The summed E-state index contributed by atoms with van der Waals surface area (Å²) in [5.41, 5.74) is -0.866. The third kappa shape index (κ3) is 3.95. The van der Waals surface area contributed by atoms with Crippen LogP contribution in [0.15, 0.2) is 49.1 Å². The monoisotopic (exact) mass is 436 g/mol. The molecule has 0 unspecified atom stereocenters. The number of benzene rings is 1. The number of aromatic nitrogens is 4. The first-order chi connectivity index (χ1) is 14.3. The van der Waals surface area contributed by atoms with Gasteiger partial charge in [-0.1, -0.05) is 23.7 Å². The van der Waals surface area contributed by atoms with Crippen LogP contribution in [0.2, 0.25) is 5.02 Å². The number of amides is 1. The summed E-state index contributed by atoms with van der Waals surface area (Å²) in [6, 6.07) is 6.52. The highest BCUT2D eigenvalue weighted by molar-refractivity contribution is 6.32. The number of halogens is 4. The van der Waals surface area contributed by atoms with Gasteiger partial charge in [-0.25, -0.2) is 14.6 Å². The number of carbonyl (C=O) groups is 1. The van der Waals surface area contributed by atoms with Gasteiger partial charge < -0.3 is 9.80 Å². The van der Waals surface area contributed by atoms with E-state index in [0.29, 0.717) is 37.0 Å². The standard InChI is InChI=1S/C19H16ClF3N6O/c20-14-11-24-12-25-17(14)27-7-9-28(10-8-27)18(30)15-5-6-29(26-15)16-4-2-1-3-13(16)19(21,22)23/h1-6,11-12H,7-10H2. The molecule has 0 bridgehead atoms. The molecule has 7 nitrogen and oxygen atoms in total. The van der Waals surface area contributed by atoms with E-state index in [1.807, 2.05) is 4.90 Å². The van der Waals surface area contributed by atoms with Crippen molar-refractivity contribution in [3.63, 3.8) is 0 Å². The first-order valence-corrected chi connectivity index (χ1v) is 9.44. The molecule has 0 N–H and O–H groups in total. The molecular formula is C19H16ClF3N6O. The Morgan fingerprint density at radius 1 is 1.07 bits per heavy atom. The first-order valence-electron chi connectivity index (χ1n) is 9.06. The van der Waals surface area contributed by atoms with Gasteiger partial charge >= 0.3 is 6.18 Å². The summed E-state index contributed by atoms with van der Waals surface area (Å²) in [6.07, 6.45) is -0.253. The van der Waals surface area contributed by atoms with Gasteiger partial charge in [0.25, 0.3) is 5.91 Å². The Balaban J connectivity index is 1.48. The van der Waals surface area contributed by atoms with E-state index >= 15 is 0 Å². The van der Waals surface area contributed by atoms with E-state index in [4.69, 9.17) is 11.6 Å². The minimum absolute atomic E-state index is 0.0838. The molecule has 1 aromatic carbocycles. The van der Waals surface area contributed by atoms with Gasteiger partial charge in [0.15, 0.2) is 11.5 Å². The fourth-order valence-electron chi connectivity index (χ4n) is 3.31. The first kappa shape index (κ1) is 20.1. The Morgan fingerprint density at radius 3 is 2.50 bits per heavy atom. The summed E-state index contributed by atoms with van der Waals surface area (Å²) in [6.45, 7) is 1.84. The lowest BCUT2D eigenvalue weighted by Gasteiger charge is -2.35. The van der Waals surface area contributed by atoms with Gasteiger partial charge in [-0.2, -0.15) is 18.3 Å². The molecule has 0 atom stereocenters. The van der Waals surface area contributed by atoms with E-state index in [2.05, 4.69) is 15.1 Å². The van der Waals surface area contributed by atoms with Gasteiger partial charge in [0.1, 0.15) is 11.3 Å². The fraction of sp³-hybridized carbons (Fsp3) is 0.263. The van der Waals surface area contributed by atoms with Crippen LogP contribution in [0, 0.1) is 0 Å². The zero-order valence-corrected chi connectivity index (χ0v) is 16.3. The molecule has 3 heterocycles. The van der Waals surface area contributed by atoms with Crippen LogP contribution in [0.5, 0.6) is 0 Å². The van der Waals surface area contributed by atoms with Gasteiger partial charge in [-0.3, -0.25) is 4.79 Å². The van der Waals surface area contributed by atoms with Crippen LogP contribution >= 0.6 is 11.6 Å². The number of hydrogen-bond acceptors (Lipinski definition) is 5. The van der Waals surface area contributed by atoms with Crippen LogP contribution in [0.3, 0.4) is 0 Å². The van der Waals surface area contributed by atoms with Crippen LogP contribution in [-0.4, -0.2) is 56.7 Å². The Bertz CT molecular complexity index is 1060. The predicted molar refractivity (Wildman–Crippen MR) is 104 cm³/mol. The maximum Gasteiger partial charge on any atom is 0.418 e. The van der Waals surface area contributed by atoms with Crippen molar-refractivity contribution in [2.75, 3.05) is 31.1 Å². The second-order valence-electron chi connectivity index (χ2n) is 6.63. The van der Waals surface area contributed by atoms with Gasteiger partial charge in [0, 0.05) is 32.4 Å². The summed E-state index contributed by atoms with van der Waals surface area (Å²) < 4.78 is 40.8. The van der Waals surface area contributed by atoms with E-state index < -0.39 is 11.7 Å². The lowest BCUT2D eigenvalue weighted by atomic mass is 10.2. The third-order valence-corrected chi connectivity index (χ3v) is 5.05. The van der Waals surface area contributed by atoms with Gasteiger partial charge in [-0.15, -0.1) is 0 Å². The molecule has 2 aromatic heterocycles. The predicted octanol–water partition coefficient (Wildman–Crippen LogP) is 3.30. The lowest BCUT2D eigenvalue weighted by Crippen LogP contribution is -2.49. The molecule has 0 spiro atoms. The number of alkyl halides is 3. The minimum Gasteiger partial charge on any atom is -0.352 e. The number of nitrogens with zero attached hydrogens (tertiary/aromatic N) is 6. The molecule has 11 heteroatoms. The number of hydrogen-bond donors (Lipinski definition) is 0. The number of para-hydroxylation sites is 1. The van der Waals surface area contributed by atoms with Crippen LogP contribution in [-0.2, 0) is 6.18 Å². The molecule has 0 aliphatic carbocycles. The average Bonchev–Trinajstić information content (AvgIpc) is 3.23. The summed E-state index contributed by atoms with van der Waals surface area (Å²) in [7, 11) is 0. The zero-order chi connectivity index (χ0) is 21.3. The Kier molecular flexibility index (Phi) is 5.33. The van der Waals surface area contributed by atoms with Crippen molar-refractivity contribution in [3.8, 4) is 5.69 Å². The second-order valence-corrected chi connectivity index (χ2v) is 7.04. The Labute approximate surface area is 174 Å². The van der Waals surface area contributed by atoms with Crippen LogP contribution in [0.25, 0.3) is 5.69 Å². The maximum atomic E-state index is 13.3. The van der Waals surface area contributed by atoms with Crippen molar-refractivity contribution < 1.29 is 18.0 Å². The summed E-state index contributed by atoms with van der Waals surface area (Å²) in [4.78, 5) is 24.4. The van der Waals surface area contributed by atoms with E-state index in [1.54, 1.807) is 4.90 Å². The molecule has 4 rings (SSSR count). The van der Waals surface area contributed by atoms with Crippen molar-refractivity contribution in [2.24, 2.45) is 0 Å². The van der Waals surface area contributed by atoms with Crippen molar-refractivity contribution in [1.82, 2.24) is 24.6 Å². The molecule has 0 saturated carbocycles. The number of carbonyl (C=O) groups excluding carboxylic acids is 1. The van der Waals surface area contributed by atoms with E-state index in [1.165, 1.54) is 43.0 Å². The van der Waals surface area contributed by atoms with Gasteiger partial charge in [0.2, 0.25) is 0 Å². The topological polar surface area (TPSA) is 67.2 Å². The Hall–Kier alpha value is -3.14. The van der Waals surface area contributed by atoms with Crippen molar-refractivity contribution in [2.45, 2.75) is 6.18 Å². The van der Waals surface area contributed by atoms with E-state index in [0.717, 1.165) is 10.7 Å². The van der Waals surface area contributed by atoms with Crippen LogP contribution in [0.1, 0.15) is 16.1 Å². The highest BCUT2D eigenvalue weighted by Crippen LogP contribution is 2.33. The summed E-state index contributed by atoms with van der Waals surface area (Å²) >= 11 is 6.12. The maximum absolute atomic E-state index is 13.3. The number of anilines is 1. The minimum atomic E-state index is -4.52. The highest BCUT2D eigenvalue weighted by Gasteiger charge is 2.34. The smallest absolute Gasteiger partial charge is 0.352 e. The van der Waals surface area contributed by atoms with Gasteiger partial charge in [0.05, 0.1) is 17.4 Å². The SMILES string of the molecule is O=C(c1ccn(-c2ccccc2C(F)(F)F)n1)N1CCN(c2ncncc2Cl)CC1. The van der Waals surface area contributed by atoms with Crippen LogP contribution in [0.4, 0.5) is 19.0 Å². The molecule has 156 valence electrons. The molecule has 1 fully saturated rings. The van der Waals surface area contributed by atoms with E-state index in [9.17, 15) is 18.0 Å². The average molecular weight is 437 g/mol. The lowest BCUT2D eigenvalue weighted by molar-refractivity contribution is -0.137. The molecule has 1 aliphatic rings. The largest absolute Gasteiger partial charge is 0.418 e. The second kappa shape index (κ2) is 7.94.